The predicted octanol–water partition coefficient (Wildman–Crippen LogP) is 9.28. The molecule has 4 saturated heterocycles. The summed E-state index contributed by atoms with van der Waals surface area (Å²) >= 11 is 1.26. The lowest BCUT2D eigenvalue weighted by Gasteiger charge is -2.42. The first-order valence-electron chi connectivity index (χ1n) is 23.3. The van der Waals surface area contributed by atoms with Crippen LogP contribution in [0.3, 0.4) is 0 Å². The van der Waals surface area contributed by atoms with Crippen molar-refractivity contribution in [2.75, 3.05) is 56.8 Å². The number of carbonyl (C=O) groups excluding carboxylic acids is 1. The van der Waals surface area contributed by atoms with Gasteiger partial charge in [0, 0.05) is 56.5 Å². The van der Waals surface area contributed by atoms with Gasteiger partial charge in [-0.25, -0.2) is 13.6 Å². The third-order valence-corrected chi connectivity index (χ3v) is 15.3. The summed E-state index contributed by atoms with van der Waals surface area (Å²) in [7, 11) is 3.26. The van der Waals surface area contributed by atoms with Gasteiger partial charge in [0.15, 0.2) is 0 Å². The zero-order valence-corrected chi connectivity index (χ0v) is 39.5. The summed E-state index contributed by atoms with van der Waals surface area (Å²) in [4.78, 5) is 32.0. The first-order chi connectivity index (χ1) is 32.3. The van der Waals surface area contributed by atoms with E-state index in [4.69, 9.17) is 33.7 Å². The number of benzene rings is 3. The minimum atomic E-state index is -0.904. The van der Waals surface area contributed by atoms with Gasteiger partial charge in [-0.3, -0.25) is 9.80 Å². The number of hydrogen-bond donors (Lipinski definition) is 0. The van der Waals surface area contributed by atoms with Gasteiger partial charge in [-0.2, -0.15) is 15.2 Å². The van der Waals surface area contributed by atoms with E-state index in [-0.39, 0.29) is 37.4 Å². The van der Waals surface area contributed by atoms with Crippen molar-refractivity contribution < 1.29 is 37.3 Å². The maximum Gasteiger partial charge on any atom is 0.410 e. The van der Waals surface area contributed by atoms with Crippen LogP contribution in [0.15, 0.2) is 60.7 Å². The van der Waals surface area contributed by atoms with Crippen molar-refractivity contribution in [1.29, 1.82) is 5.26 Å². The van der Waals surface area contributed by atoms with Crippen molar-refractivity contribution in [2.45, 2.75) is 114 Å². The highest BCUT2D eigenvalue weighted by Gasteiger charge is 2.50. The summed E-state index contributed by atoms with van der Waals surface area (Å²) < 4.78 is 61.4. The van der Waals surface area contributed by atoms with E-state index in [9.17, 15) is 14.4 Å². The number of piperazine rings is 1. The summed E-state index contributed by atoms with van der Waals surface area (Å²) in [5.74, 6) is 1.75. The molecule has 5 aliphatic rings. The quantitative estimate of drug-likeness (QED) is 0.118. The van der Waals surface area contributed by atoms with Gasteiger partial charge in [-0.05, 0) is 100 Å². The molecule has 2 bridgehead atoms. The van der Waals surface area contributed by atoms with Gasteiger partial charge in [-0.15, -0.1) is 11.3 Å². The molecule has 0 N–H and O–H groups in total. The molecule has 5 atom stereocenters. The Morgan fingerprint density at radius 2 is 1.64 bits per heavy atom. The fraction of sp³-hybridized carbons (Fsp3) is 0.490. The SMILES string of the molecule is COc1ccc(CN(Cc2ccc(OC)cc2)c2sc3c(F)ccc(C4Cc5nc(OC[C@@]67CCCN6C[C@H](F)C7)nc(N6C[C@H]7CC[C@@H](C6)N7C(=O)OC(C)(C)C)c5CO4)c3c2C#N)cc1. The third-order valence-electron chi connectivity index (χ3n) is 14.1. The lowest BCUT2D eigenvalue weighted by molar-refractivity contribution is 0.0118. The van der Waals surface area contributed by atoms with Crippen molar-refractivity contribution >= 4 is 38.3 Å². The molecule has 10 rings (SSSR count). The lowest BCUT2D eigenvalue weighted by Crippen LogP contribution is -2.57. The molecular formula is C51H57F2N7O6S. The molecule has 13 nitrogen and oxygen atoms in total. The summed E-state index contributed by atoms with van der Waals surface area (Å²) in [5.41, 5.74) is 3.61. The largest absolute Gasteiger partial charge is 0.497 e. The van der Waals surface area contributed by atoms with E-state index < -0.39 is 29.2 Å². The second kappa shape index (κ2) is 18.0. The van der Waals surface area contributed by atoms with E-state index in [1.54, 1.807) is 20.3 Å². The number of nitriles is 1. The normalized spacial score (nSPS) is 23.5. The molecule has 5 aliphatic heterocycles. The second-order valence-electron chi connectivity index (χ2n) is 19.6. The monoisotopic (exact) mass is 933 g/mol. The number of halogens is 2. The summed E-state index contributed by atoms with van der Waals surface area (Å²) in [6.45, 7) is 9.32. The van der Waals surface area contributed by atoms with Crippen LogP contribution in [-0.2, 0) is 35.6 Å². The fourth-order valence-electron chi connectivity index (χ4n) is 11.0. The van der Waals surface area contributed by atoms with Crippen LogP contribution in [0.1, 0.15) is 92.5 Å². The van der Waals surface area contributed by atoms with Gasteiger partial charge in [-0.1, -0.05) is 30.3 Å². The molecule has 3 aromatic carbocycles. The molecular weight excluding hydrogens is 877 g/mol. The molecule has 5 aromatic rings. The molecule has 16 heteroatoms. The first kappa shape index (κ1) is 45.0. The Bertz CT molecular complexity index is 2630. The van der Waals surface area contributed by atoms with Gasteiger partial charge in [0.25, 0.3) is 0 Å². The fourth-order valence-corrected chi connectivity index (χ4v) is 12.2. The summed E-state index contributed by atoms with van der Waals surface area (Å²) in [5, 5.41) is 12.2. The molecule has 0 spiro atoms. The van der Waals surface area contributed by atoms with E-state index in [2.05, 4.69) is 20.8 Å². The van der Waals surface area contributed by atoms with Crippen LogP contribution in [-0.4, -0.2) is 102 Å². The van der Waals surface area contributed by atoms with Crippen molar-refractivity contribution in [3.63, 3.8) is 0 Å². The number of nitrogens with zero attached hydrogens (tertiary/aromatic N) is 7. The van der Waals surface area contributed by atoms with Crippen molar-refractivity contribution in [2.24, 2.45) is 0 Å². The van der Waals surface area contributed by atoms with Crippen LogP contribution in [0.25, 0.3) is 10.1 Å². The average molecular weight is 934 g/mol. The number of amides is 1. The van der Waals surface area contributed by atoms with Gasteiger partial charge < -0.3 is 33.5 Å². The number of thiophene rings is 1. The Morgan fingerprint density at radius 3 is 2.27 bits per heavy atom. The smallest absolute Gasteiger partial charge is 0.410 e. The molecule has 0 saturated carbocycles. The highest BCUT2D eigenvalue weighted by atomic mass is 32.1. The zero-order valence-electron chi connectivity index (χ0n) is 38.7. The van der Waals surface area contributed by atoms with Crippen LogP contribution in [0.4, 0.5) is 24.4 Å². The highest BCUT2D eigenvalue weighted by molar-refractivity contribution is 7.23. The molecule has 1 unspecified atom stereocenters. The minimum absolute atomic E-state index is 0.0644. The number of fused-ring (bicyclic) bond motifs is 5. The molecule has 67 heavy (non-hydrogen) atoms. The Morgan fingerprint density at radius 1 is 0.970 bits per heavy atom. The van der Waals surface area contributed by atoms with Gasteiger partial charge in [0.2, 0.25) is 0 Å². The van der Waals surface area contributed by atoms with Crippen LogP contribution in [0, 0.1) is 17.1 Å². The zero-order chi connectivity index (χ0) is 46.6. The standard InChI is InChI=1S/C51H57F2N7O6S/c1-50(2,3)66-49(61)60-34-11-12-35(60)28-57(27-34)46-40-29-64-43(21-42(40)55-48(56-46)65-30-51-19-6-20-59(51)26-33(52)22-51)38-17-18-41(53)45-44(38)39(23-54)47(67-45)58(24-31-7-13-36(62-4)14-8-31)25-32-9-15-37(63-5)16-10-32/h7-10,13-18,33-35,43H,6,11-12,19-22,24-30H2,1-5H3/t33-,34-,35+,43?,51+/m1/s1. The van der Waals surface area contributed by atoms with Crippen LogP contribution in [0.5, 0.6) is 17.5 Å². The first-order valence-corrected chi connectivity index (χ1v) is 24.1. The minimum Gasteiger partial charge on any atom is -0.497 e. The molecule has 7 heterocycles. The topological polar surface area (TPSA) is 126 Å². The van der Waals surface area contributed by atoms with Crippen LogP contribution < -0.4 is 24.0 Å². The van der Waals surface area contributed by atoms with Crippen molar-refractivity contribution in [3.8, 4) is 23.6 Å². The number of aromatic nitrogens is 2. The summed E-state index contributed by atoms with van der Waals surface area (Å²) in [6, 6.07) is 21.4. The van der Waals surface area contributed by atoms with Crippen molar-refractivity contribution in [1.82, 2.24) is 19.8 Å². The molecule has 1 amide bonds. The Labute approximate surface area is 394 Å². The second-order valence-corrected chi connectivity index (χ2v) is 20.6. The van der Waals surface area contributed by atoms with Gasteiger partial charge in [0.05, 0.1) is 60.5 Å². The number of anilines is 2. The molecule has 0 radical (unpaired) electrons. The highest BCUT2D eigenvalue weighted by Crippen LogP contribution is 2.47. The molecule has 4 fully saturated rings. The van der Waals surface area contributed by atoms with Gasteiger partial charge >= 0.3 is 12.1 Å². The number of alkyl halides is 1. The number of ether oxygens (including phenoxy) is 5. The number of rotatable bonds is 12. The Hall–Kier alpha value is -5.76. The predicted molar refractivity (Wildman–Crippen MR) is 251 cm³/mol. The maximum absolute atomic E-state index is 16.2. The maximum atomic E-state index is 16.2. The van der Waals surface area contributed by atoms with Crippen LogP contribution >= 0.6 is 11.3 Å². The number of hydrogen-bond acceptors (Lipinski definition) is 13. The molecule has 0 aliphatic carbocycles. The van der Waals surface area contributed by atoms with E-state index in [1.165, 1.54) is 17.4 Å². The van der Waals surface area contributed by atoms with E-state index in [0.29, 0.717) is 77.6 Å². The van der Waals surface area contributed by atoms with Crippen LogP contribution in [0.2, 0.25) is 0 Å². The molecule has 2 aromatic heterocycles. The molecule has 352 valence electrons. The summed E-state index contributed by atoms with van der Waals surface area (Å²) in [6.07, 6.45) is 2.47. The van der Waals surface area contributed by atoms with Crippen molar-refractivity contribution in [3.05, 3.63) is 100.0 Å². The lowest BCUT2D eigenvalue weighted by atomic mass is 9.94. The third kappa shape index (κ3) is 8.82. The Balaban J connectivity index is 1.000. The number of carbonyl (C=O) groups is 1. The van der Waals surface area contributed by atoms with E-state index in [0.717, 1.165) is 66.1 Å². The van der Waals surface area contributed by atoms with E-state index in [1.807, 2.05) is 74.2 Å². The van der Waals surface area contributed by atoms with Gasteiger partial charge in [0.1, 0.15) is 52.6 Å². The van der Waals surface area contributed by atoms with E-state index >= 15 is 4.39 Å². The number of methoxy groups -OCH3 is 2. The average Bonchev–Trinajstić information content (AvgIpc) is 4.05. The Kier molecular flexibility index (Phi) is 12.1.